The zero-order valence-corrected chi connectivity index (χ0v) is 17.7. The number of halogens is 1. The van der Waals surface area contributed by atoms with Crippen LogP contribution in [0.3, 0.4) is 0 Å². The van der Waals surface area contributed by atoms with Gasteiger partial charge in [0.25, 0.3) is 0 Å². The first kappa shape index (κ1) is 20.6. The fourth-order valence-electron chi connectivity index (χ4n) is 4.64. The molecule has 2 aliphatic rings. The first-order valence-electron chi connectivity index (χ1n) is 10.7. The van der Waals surface area contributed by atoms with E-state index in [0.29, 0.717) is 31.5 Å². The molecule has 0 saturated carbocycles. The van der Waals surface area contributed by atoms with Crippen molar-refractivity contribution in [2.45, 2.75) is 58.4 Å². The van der Waals surface area contributed by atoms with Crippen LogP contribution in [0.5, 0.6) is 0 Å². The topological polar surface area (TPSA) is 67.2 Å². The highest BCUT2D eigenvalue weighted by Gasteiger charge is 2.36. The summed E-state index contributed by atoms with van der Waals surface area (Å²) in [6.07, 6.45) is 6.04. The molecule has 1 fully saturated rings. The summed E-state index contributed by atoms with van der Waals surface area (Å²) < 4.78 is 15.5. The summed E-state index contributed by atoms with van der Waals surface area (Å²) in [7, 11) is 0. The van der Waals surface area contributed by atoms with Gasteiger partial charge in [-0.05, 0) is 49.3 Å². The number of benzene rings is 1. The second-order valence-corrected chi connectivity index (χ2v) is 9.19. The van der Waals surface area contributed by atoms with E-state index in [1.54, 1.807) is 16.9 Å². The van der Waals surface area contributed by atoms with Gasteiger partial charge in [-0.2, -0.15) is 5.10 Å². The van der Waals surface area contributed by atoms with E-state index in [1.165, 1.54) is 12.1 Å². The summed E-state index contributed by atoms with van der Waals surface area (Å²) in [5.74, 6) is -0.110. The molecule has 2 amide bonds. The Kier molecular flexibility index (Phi) is 5.62. The van der Waals surface area contributed by atoms with E-state index in [1.807, 2.05) is 11.0 Å². The summed E-state index contributed by atoms with van der Waals surface area (Å²) in [5, 5.41) is 7.68. The van der Waals surface area contributed by atoms with E-state index in [2.05, 4.69) is 24.3 Å². The first-order valence-corrected chi connectivity index (χ1v) is 10.7. The van der Waals surface area contributed by atoms with Crippen molar-refractivity contribution < 1.29 is 14.0 Å². The Hall–Kier alpha value is -2.70. The second kappa shape index (κ2) is 8.20. The molecule has 2 aromatic rings. The highest BCUT2D eigenvalue weighted by molar-refractivity contribution is 5.78. The molecule has 1 aliphatic heterocycles. The molecule has 4 rings (SSSR count). The van der Waals surface area contributed by atoms with Crippen LogP contribution in [-0.4, -0.2) is 39.6 Å². The first-order chi connectivity index (χ1) is 14.3. The van der Waals surface area contributed by atoms with Gasteiger partial charge < -0.3 is 10.2 Å². The summed E-state index contributed by atoms with van der Waals surface area (Å²) in [4.78, 5) is 26.2. The lowest BCUT2D eigenvalue weighted by Crippen LogP contribution is -2.37. The molecule has 160 valence electrons. The number of nitrogens with zero attached hydrogens (tertiary/aromatic N) is 3. The molecule has 0 radical (unpaired) electrons. The molecule has 0 bridgehead atoms. The van der Waals surface area contributed by atoms with Crippen molar-refractivity contribution in [1.29, 1.82) is 0 Å². The zero-order chi connectivity index (χ0) is 21.3. The van der Waals surface area contributed by atoms with Crippen LogP contribution in [0.4, 0.5) is 4.39 Å². The van der Waals surface area contributed by atoms with Crippen molar-refractivity contribution in [2.75, 3.05) is 13.1 Å². The van der Waals surface area contributed by atoms with Crippen molar-refractivity contribution >= 4 is 11.8 Å². The fraction of sp³-hybridized carbons (Fsp3) is 0.522. The lowest BCUT2D eigenvalue weighted by Gasteiger charge is -2.36. The molecule has 1 aliphatic carbocycles. The van der Waals surface area contributed by atoms with Crippen LogP contribution in [0.1, 0.15) is 63.3 Å². The van der Waals surface area contributed by atoms with Crippen molar-refractivity contribution in [2.24, 2.45) is 5.41 Å². The molecule has 30 heavy (non-hydrogen) atoms. The standard InChI is InChI=1S/C23H29FN4O2/c1-23(2)13-19(26-21(29)8-4-10-27-11-5-9-22(27)30)18-15-25-28(20(18)14-23)17-7-3-6-16(24)12-17/h3,6-7,12,15,19H,4-5,8-11,13-14H2,1-2H3,(H,26,29)/t19-/m1/s1. The Labute approximate surface area is 176 Å². The average Bonchev–Trinajstić information content (AvgIpc) is 3.27. The van der Waals surface area contributed by atoms with Crippen LogP contribution in [0.25, 0.3) is 5.69 Å². The number of aromatic nitrogens is 2. The molecule has 1 atom stereocenters. The Morgan fingerprint density at radius 3 is 2.93 bits per heavy atom. The van der Waals surface area contributed by atoms with Gasteiger partial charge in [0.05, 0.1) is 23.6 Å². The van der Waals surface area contributed by atoms with Gasteiger partial charge in [-0.3, -0.25) is 9.59 Å². The SMILES string of the molecule is CC1(C)Cc2c(cnn2-c2cccc(F)c2)[C@H](NC(=O)CCCN2CCCC2=O)C1. The fourth-order valence-corrected chi connectivity index (χ4v) is 4.64. The number of carbonyl (C=O) groups excluding carboxylic acids is 2. The minimum absolute atomic E-state index is 0.00574. The normalized spacial score (nSPS) is 20.3. The second-order valence-electron chi connectivity index (χ2n) is 9.19. The van der Waals surface area contributed by atoms with Crippen LogP contribution in [0, 0.1) is 11.2 Å². The van der Waals surface area contributed by atoms with Crippen molar-refractivity contribution in [1.82, 2.24) is 20.0 Å². The zero-order valence-electron chi connectivity index (χ0n) is 17.7. The minimum Gasteiger partial charge on any atom is -0.349 e. The number of likely N-dealkylation sites (tertiary alicyclic amines) is 1. The number of amides is 2. The molecular formula is C23H29FN4O2. The lowest BCUT2D eigenvalue weighted by atomic mass is 9.74. The van der Waals surface area contributed by atoms with Crippen molar-refractivity contribution in [3.05, 3.63) is 47.5 Å². The van der Waals surface area contributed by atoms with E-state index < -0.39 is 0 Å². The van der Waals surface area contributed by atoms with Crippen LogP contribution in [0.2, 0.25) is 0 Å². The van der Waals surface area contributed by atoms with Gasteiger partial charge in [-0.1, -0.05) is 19.9 Å². The van der Waals surface area contributed by atoms with Gasteiger partial charge in [-0.25, -0.2) is 9.07 Å². The smallest absolute Gasteiger partial charge is 0.222 e. The highest BCUT2D eigenvalue weighted by Crippen LogP contribution is 2.41. The number of hydrogen-bond acceptors (Lipinski definition) is 3. The van der Waals surface area contributed by atoms with Crippen molar-refractivity contribution in [3.8, 4) is 5.69 Å². The molecule has 7 heteroatoms. The molecule has 2 heterocycles. The number of hydrogen-bond donors (Lipinski definition) is 1. The number of carbonyl (C=O) groups is 2. The lowest BCUT2D eigenvalue weighted by molar-refractivity contribution is -0.128. The van der Waals surface area contributed by atoms with Crippen LogP contribution in [0.15, 0.2) is 30.5 Å². The maximum Gasteiger partial charge on any atom is 0.222 e. The molecule has 1 N–H and O–H groups in total. The van der Waals surface area contributed by atoms with Crippen LogP contribution < -0.4 is 5.32 Å². The Morgan fingerprint density at radius 2 is 2.20 bits per heavy atom. The molecule has 1 aromatic heterocycles. The van der Waals surface area contributed by atoms with E-state index >= 15 is 0 Å². The van der Waals surface area contributed by atoms with Gasteiger partial charge in [0.2, 0.25) is 11.8 Å². The average molecular weight is 413 g/mol. The van der Waals surface area contributed by atoms with Crippen LogP contribution in [-0.2, 0) is 16.0 Å². The third-order valence-electron chi connectivity index (χ3n) is 6.07. The molecular weight excluding hydrogens is 383 g/mol. The summed E-state index contributed by atoms with van der Waals surface area (Å²) >= 11 is 0. The van der Waals surface area contributed by atoms with Gasteiger partial charge in [0.1, 0.15) is 5.82 Å². The monoisotopic (exact) mass is 412 g/mol. The summed E-state index contributed by atoms with van der Waals surface area (Å²) in [6, 6.07) is 6.29. The highest BCUT2D eigenvalue weighted by atomic mass is 19.1. The Balaban J connectivity index is 1.46. The van der Waals surface area contributed by atoms with Crippen molar-refractivity contribution in [3.63, 3.8) is 0 Å². The predicted molar refractivity (Wildman–Crippen MR) is 112 cm³/mol. The van der Waals surface area contributed by atoms with E-state index in [-0.39, 0.29) is 29.1 Å². The molecule has 6 nitrogen and oxygen atoms in total. The summed E-state index contributed by atoms with van der Waals surface area (Å²) in [5.41, 5.74) is 2.69. The molecule has 0 unspecified atom stereocenters. The number of fused-ring (bicyclic) bond motifs is 1. The quantitative estimate of drug-likeness (QED) is 0.789. The third-order valence-corrected chi connectivity index (χ3v) is 6.07. The maximum absolute atomic E-state index is 13.7. The van der Waals surface area contributed by atoms with Gasteiger partial charge in [-0.15, -0.1) is 0 Å². The number of rotatable bonds is 6. The van der Waals surface area contributed by atoms with E-state index in [9.17, 15) is 14.0 Å². The molecule has 0 spiro atoms. The minimum atomic E-state index is -0.298. The van der Waals surface area contributed by atoms with Gasteiger partial charge in [0, 0.05) is 31.5 Å². The number of nitrogens with one attached hydrogen (secondary N) is 1. The largest absolute Gasteiger partial charge is 0.349 e. The third kappa shape index (κ3) is 4.40. The summed E-state index contributed by atoms with van der Waals surface area (Å²) in [6.45, 7) is 5.80. The Morgan fingerprint density at radius 1 is 1.37 bits per heavy atom. The Bertz CT molecular complexity index is 952. The van der Waals surface area contributed by atoms with Gasteiger partial charge >= 0.3 is 0 Å². The van der Waals surface area contributed by atoms with Crippen LogP contribution >= 0.6 is 0 Å². The van der Waals surface area contributed by atoms with E-state index in [4.69, 9.17) is 0 Å². The molecule has 1 aromatic carbocycles. The van der Waals surface area contributed by atoms with E-state index in [0.717, 1.165) is 37.1 Å². The maximum atomic E-state index is 13.7. The predicted octanol–water partition coefficient (Wildman–Crippen LogP) is 3.54. The molecule has 1 saturated heterocycles. The van der Waals surface area contributed by atoms with Gasteiger partial charge in [0.15, 0.2) is 0 Å².